The fourth-order valence-electron chi connectivity index (χ4n) is 2.23. The summed E-state index contributed by atoms with van der Waals surface area (Å²) < 4.78 is 0. The summed E-state index contributed by atoms with van der Waals surface area (Å²) in [5.41, 5.74) is 0. The Morgan fingerprint density at radius 2 is 1.53 bits per heavy atom. The zero-order chi connectivity index (χ0) is 11.5. The van der Waals surface area contributed by atoms with Crippen LogP contribution in [0.4, 0.5) is 0 Å². The number of halogens is 2. The fraction of sp³-hybridized carbons (Fsp3) is 0.500. The highest BCUT2D eigenvalue weighted by Gasteiger charge is 2.31. The summed E-state index contributed by atoms with van der Waals surface area (Å²) in [5.74, 6) is 0. The van der Waals surface area contributed by atoms with Crippen LogP contribution >= 0.6 is 23.2 Å². The van der Waals surface area contributed by atoms with Crippen LogP contribution in [0.3, 0.4) is 0 Å². The van der Waals surface area contributed by atoms with Crippen molar-refractivity contribution in [2.75, 3.05) is 0 Å². The molecule has 0 atom stereocenters. The Balaban J connectivity index is 3.28. The van der Waals surface area contributed by atoms with Gasteiger partial charge in [0.15, 0.2) is 0 Å². The van der Waals surface area contributed by atoms with Gasteiger partial charge in [0.2, 0.25) is 0 Å². The largest absolute Gasteiger partial charge is 0.0879 e. The van der Waals surface area contributed by atoms with Gasteiger partial charge in [0.05, 0.1) is 18.1 Å². The number of hydrogen-bond donors (Lipinski definition) is 0. The highest BCUT2D eigenvalue weighted by atomic mass is 35.5. The maximum Gasteiger partial charge on any atom is 0.0879 e. The molecular formula is C12H18Cl2Si. The molecule has 1 rings (SSSR count). The van der Waals surface area contributed by atoms with Crippen molar-refractivity contribution < 1.29 is 0 Å². The molecule has 0 heterocycles. The lowest BCUT2D eigenvalue weighted by Gasteiger charge is -2.29. The molecule has 0 amide bonds. The summed E-state index contributed by atoms with van der Waals surface area (Å²) in [7, 11) is -1.39. The highest BCUT2D eigenvalue weighted by molar-refractivity contribution is 6.93. The minimum atomic E-state index is -1.39. The minimum Gasteiger partial charge on any atom is -0.0828 e. The maximum atomic E-state index is 6.32. The molecule has 84 valence electrons. The Kier molecular flexibility index (Phi) is 4.69. The molecule has 0 aliphatic heterocycles. The summed E-state index contributed by atoms with van der Waals surface area (Å²) in [5, 5.41) is 2.82. The van der Waals surface area contributed by atoms with Gasteiger partial charge >= 0.3 is 0 Å². The highest BCUT2D eigenvalue weighted by Crippen LogP contribution is 2.27. The standard InChI is InChI=1S/C12H18Cl2Si/c1-4-15(5-2,6-3)11-9-7-8-10(13)12(11)14/h7-9H,4-6H2,1-3H3. The molecule has 1 aromatic carbocycles. The van der Waals surface area contributed by atoms with E-state index in [4.69, 9.17) is 23.2 Å². The van der Waals surface area contributed by atoms with Gasteiger partial charge in [-0.1, -0.05) is 74.2 Å². The molecule has 0 aliphatic carbocycles. The lowest BCUT2D eigenvalue weighted by molar-refractivity contribution is 1.19. The Labute approximate surface area is 104 Å². The molecule has 0 radical (unpaired) electrons. The van der Waals surface area contributed by atoms with Crippen molar-refractivity contribution in [3.05, 3.63) is 28.2 Å². The molecule has 1 aromatic rings. The van der Waals surface area contributed by atoms with Gasteiger partial charge in [-0.3, -0.25) is 0 Å². The Morgan fingerprint density at radius 3 is 2.00 bits per heavy atom. The van der Waals surface area contributed by atoms with E-state index in [0.29, 0.717) is 5.02 Å². The molecule has 0 unspecified atom stereocenters. The van der Waals surface area contributed by atoms with Gasteiger partial charge in [0, 0.05) is 0 Å². The van der Waals surface area contributed by atoms with Crippen molar-refractivity contribution >= 4 is 36.5 Å². The predicted octanol–water partition coefficient (Wildman–Crippen LogP) is 4.71. The van der Waals surface area contributed by atoms with E-state index in [1.165, 1.54) is 23.3 Å². The van der Waals surface area contributed by atoms with Gasteiger partial charge in [0.1, 0.15) is 0 Å². The molecule has 0 saturated heterocycles. The Morgan fingerprint density at radius 1 is 1.00 bits per heavy atom. The Hall–Kier alpha value is 0.0169. The third-order valence-electron chi connectivity index (χ3n) is 3.55. The average Bonchev–Trinajstić information content (AvgIpc) is 2.27. The van der Waals surface area contributed by atoms with Crippen LogP contribution in [0.2, 0.25) is 28.2 Å². The lowest BCUT2D eigenvalue weighted by atomic mass is 10.4. The van der Waals surface area contributed by atoms with E-state index in [2.05, 4.69) is 26.8 Å². The second kappa shape index (κ2) is 5.38. The van der Waals surface area contributed by atoms with E-state index >= 15 is 0 Å². The lowest BCUT2D eigenvalue weighted by Crippen LogP contribution is -2.46. The summed E-state index contributed by atoms with van der Waals surface area (Å²) >= 11 is 12.4. The first-order valence-corrected chi connectivity index (χ1v) is 8.93. The van der Waals surface area contributed by atoms with E-state index in [9.17, 15) is 0 Å². The van der Waals surface area contributed by atoms with Crippen LogP contribution in [-0.2, 0) is 0 Å². The van der Waals surface area contributed by atoms with E-state index in [-0.39, 0.29) is 0 Å². The zero-order valence-corrected chi connectivity index (χ0v) is 12.1. The van der Waals surface area contributed by atoms with Gasteiger partial charge in [0.25, 0.3) is 0 Å². The van der Waals surface area contributed by atoms with Crippen LogP contribution < -0.4 is 5.19 Å². The van der Waals surface area contributed by atoms with Crippen molar-refractivity contribution in [2.45, 2.75) is 38.9 Å². The van der Waals surface area contributed by atoms with Gasteiger partial charge in [-0.2, -0.15) is 0 Å². The first kappa shape index (κ1) is 13.1. The summed E-state index contributed by atoms with van der Waals surface area (Å²) in [4.78, 5) is 0. The molecular weight excluding hydrogens is 243 g/mol. The third kappa shape index (κ3) is 2.40. The van der Waals surface area contributed by atoms with Crippen LogP contribution in [-0.4, -0.2) is 8.07 Å². The first-order chi connectivity index (χ1) is 7.11. The molecule has 0 bridgehead atoms. The normalized spacial score (nSPS) is 11.8. The van der Waals surface area contributed by atoms with Crippen molar-refractivity contribution in [3.8, 4) is 0 Å². The molecule has 0 fully saturated rings. The van der Waals surface area contributed by atoms with E-state index < -0.39 is 8.07 Å². The molecule has 0 aliphatic rings. The molecule has 3 heteroatoms. The molecule has 0 spiro atoms. The second-order valence-electron chi connectivity index (χ2n) is 3.94. The number of rotatable bonds is 4. The van der Waals surface area contributed by atoms with E-state index in [0.717, 1.165) is 5.02 Å². The monoisotopic (exact) mass is 260 g/mol. The Bertz CT molecular complexity index is 324. The van der Waals surface area contributed by atoms with Crippen molar-refractivity contribution in [3.63, 3.8) is 0 Å². The number of hydrogen-bond acceptors (Lipinski definition) is 0. The fourth-order valence-corrected chi connectivity index (χ4v) is 6.91. The van der Waals surface area contributed by atoms with Gasteiger partial charge in [-0.15, -0.1) is 0 Å². The van der Waals surface area contributed by atoms with E-state index in [1.54, 1.807) is 0 Å². The maximum absolute atomic E-state index is 6.32. The van der Waals surface area contributed by atoms with Crippen LogP contribution in [0.15, 0.2) is 18.2 Å². The average molecular weight is 261 g/mol. The third-order valence-corrected chi connectivity index (χ3v) is 10.2. The quantitative estimate of drug-likeness (QED) is 0.688. The molecule has 0 nitrogen and oxygen atoms in total. The molecule has 15 heavy (non-hydrogen) atoms. The van der Waals surface area contributed by atoms with Crippen molar-refractivity contribution in [1.82, 2.24) is 0 Å². The summed E-state index contributed by atoms with van der Waals surface area (Å²) in [6, 6.07) is 9.76. The first-order valence-electron chi connectivity index (χ1n) is 5.55. The number of benzene rings is 1. The zero-order valence-electron chi connectivity index (χ0n) is 9.61. The summed E-state index contributed by atoms with van der Waals surface area (Å²) in [6.45, 7) is 6.82. The summed E-state index contributed by atoms with van der Waals surface area (Å²) in [6.07, 6.45) is 0. The van der Waals surface area contributed by atoms with Gasteiger partial charge in [-0.25, -0.2) is 0 Å². The van der Waals surface area contributed by atoms with Gasteiger partial charge in [-0.05, 0) is 11.3 Å². The van der Waals surface area contributed by atoms with Crippen molar-refractivity contribution in [1.29, 1.82) is 0 Å². The predicted molar refractivity (Wildman–Crippen MR) is 73.3 cm³/mol. The van der Waals surface area contributed by atoms with Crippen LogP contribution in [0.25, 0.3) is 0 Å². The molecule has 0 N–H and O–H groups in total. The topological polar surface area (TPSA) is 0 Å². The molecule has 0 saturated carbocycles. The van der Waals surface area contributed by atoms with Gasteiger partial charge < -0.3 is 0 Å². The van der Waals surface area contributed by atoms with Crippen LogP contribution in [0.5, 0.6) is 0 Å². The second-order valence-corrected chi connectivity index (χ2v) is 9.95. The smallest absolute Gasteiger partial charge is 0.0828 e. The van der Waals surface area contributed by atoms with Crippen LogP contribution in [0, 0.1) is 0 Å². The molecule has 0 aromatic heterocycles. The van der Waals surface area contributed by atoms with Crippen LogP contribution in [0.1, 0.15) is 20.8 Å². The minimum absolute atomic E-state index is 0.696. The SMILES string of the molecule is CC[Si](CC)(CC)c1cccc(Cl)c1Cl. The van der Waals surface area contributed by atoms with E-state index in [1.807, 2.05) is 12.1 Å². The van der Waals surface area contributed by atoms with Crippen molar-refractivity contribution in [2.24, 2.45) is 0 Å².